The van der Waals surface area contributed by atoms with Crippen LogP contribution in [-0.2, 0) is 39.0 Å². The maximum absolute atomic E-state index is 2.42. The van der Waals surface area contributed by atoms with Crippen LogP contribution in [0.4, 0.5) is 0 Å². The average Bonchev–Trinajstić information content (AvgIpc) is 2.46. The fraction of sp³-hybridized carbons (Fsp3) is 0.583. The van der Waals surface area contributed by atoms with Crippen molar-refractivity contribution >= 4 is 0 Å². The molecule has 13 heavy (non-hydrogen) atoms. The van der Waals surface area contributed by atoms with E-state index >= 15 is 0 Å². The molecule has 0 aromatic heterocycles. The normalized spacial score (nSPS) is 15.3. The first kappa shape index (κ1) is 11.3. The minimum absolute atomic E-state index is 0. The number of hydrogen-bond acceptors (Lipinski definition) is 0. The Morgan fingerprint density at radius 1 is 1.23 bits per heavy atom. The van der Waals surface area contributed by atoms with Gasteiger partial charge in [-0.15, -0.1) is 0 Å². The van der Waals surface area contributed by atoms with Gasteiger partial charge in [-0.1, -0.05) is 39.5 Å². The molecule has 2 rings (SSSR count). The molecule has 0 aliphatic heterocycles. The molecule has 0 unspecified atom stereocenters. The van der Waals surface area contributed by atoms with Gasteiger partial charge in [0.15, 0.2) is 0 Å². The molecule has 0 fully saturated rings. The molecule has 0 amide bonds. The SMILES string of the molecule is CC(C)c1cc2c([cH-]1)CCCC2.[Zr]. The van der Waals surface area contributed by atoms with Crippen LogP contribution < -0.4 is 0 Å². The Bertz CT molecular complexity index is 247. The molecule has 0 spiro atoms. The van der Waals surface area contributed by atoms with Crippen LogP contribution in [0.5, 0.6) is 0 Å². The van der Waals surface area contributed by atoms with Gasteiger partial charge in [0.25, 0.3) is 0 Å². The van der Waals surface area contributed by atoms with E-state index in [4.69, 9.17) is 0 Å². The van der Waals surface area contributed by atoms with Gasteiger partial charge in [0.2, 0.25) is 0 Å². The zero-order chi connectivity index (χ0) is 8.55. The van der Waals surface area contributed by atoms with Gasteiger partial charge in [0.05, 0.1) is 0 Å². The van der Waals surface area contributed by atoms with E-state index in [-0.39, 0.29) is 26.2 Å². The second kappa shape index (κ2) is 4.64. The minimum atomic E-state index is 0. The van der Waals surface area contributed by atoms with Crippen molar-refractivity contribution in [3.8, 4) is 0 Å². The van der Waals surface area contributed by atoms with Crippen molar-refractivity contribution in [3.05, 3.63) is 28.8 Å². The van der Waals surface area contributed by atoms with Crippen LogP contribution in [0.2, 0.25) is 0 Å². The van der Waals surface area contributed by atoms with Crippen molar-refractivity contribution in [3.63, 3.8) is 0 Å². The second-order valence-corrected chi connectivity index (χ2v) is 4.20. The van der Waals surface area contributed by atoms with Crippen LogP contribution in [0.25, 0.3) is 0 Å². The van der Waals surface area contributed by atoms with Gasteiger partial charge in [0, 0.05) is 26.2 Å². The van der Waals surface area contributed by atoms with Gasteiger partial charge in [-0.3, -0.25) is 0 Å². The molecule has 0 heterocycles. The van der Waals surface area contributed by atoms with Gasteiger partial charge in [-0.25, -0.2) is 6.07 Å². The summed E-state index contributed by atoms with van der Waals surface area (Å²) in [7, 11) is 0. The predicted molar refractivity (Wildman–Crippen MR) is 52.8 cm³/mol. The predicted octanol–water partition coefficient (Wildman–Crippen LogP) is 3.41. The van der Waals surface area contributed by atoms with E-state index in [2.05, 4.69) is 26.0 Å². The van der Waals surface area contributed by atoms with Gasteiger partial charge in [0.1, 0.15) is 0 Å². The molecular formula is C12H17Zr-. The summed E-state index contributed by atoms with van der Waals surface area (Å²) in [5.74, 6) is 0.704. The Kier molecular flexibility index (Phi) is 4.04. The number of rotatable bonds is 1. The molecule has 1 heteroatoms. The van der Waals surface area contributed by atoms with Gasteiger partial charge in [-0.05, 0) is 5.92 Å². The van der Waals surface area contributed by atoms with Crippen LogP contribution in [0.3, 0.4) is 0 Å². The Morgan fingerprint density at radius 3 is 2.54 bits per heavy atom. The van der Waals surface area contributed by atoms with E-state index in [0.29, 0.717) is 5.92 Å². The van der Waals surface area contributed by atoms with E-state index < -0.39 is 0 Å². The third kappa shape index (κ3) is 2.37. The molecule has 1 aliphatic carbocycles. The van der Waals surface area contributed by atoms with E-state index in [1.807, 2.05) is 0 Å². The molecule has 0 nitrogen and oxygen atoms in total. The molecule has 1 aromatic carbocycles. The van der Waals surface area contributed by atoms with Crippen LogP contribution in [0.1, 0.15) is 49.3 Å². The first-order valence-corrected chi connectivity index (χ1v) is 5.06. The summed E-state index contributed by atoms with van der Waals surface area (Å²) in [4.78, 5) is 0. The standard InChI is InChI=1S/C12H17.Zr/c1-9(2)12-7-10-5-3-4-6-11(10)8-12;/h7-9H,3-6H2,1-2H3;/q-1;. The Labute approximate surface area is 100 Å². The number of fused-ring (bicyclic) bond motifs is 1. The molecule has 0 bridgehead atoms. The van der Waals surface area contributed by atoms with E-state index in [9.17, 15) is 0 Å². The van der Waals surface area contributed by atoms with Crippen molar-refractivity contribution < 1.29 is 26.2 Å². The van der Waals surface area contributed by atoms with Crippen LogP contribution >= 0.6 is 0 Å². The zero-order valence-corrected chi connectivity index (χ0v) is 11.0. The monoisotopic (exact) mass is 251 g/mol. The molecule has 0 saturated heterocycles. The van der Waals surface area contributed by atoms with Crippen LogP contribution in [0, 0.1) is 0 Å². The molecule has 0 radical (unpaired) electrons. The average molecular weight is 252 g/mol. The summed E-state index contributed by atoms with van der Waals surface area (Å²) in [6.45, 7) is 4.56. The summed E-state index contributed by atoms with van der Waals surface area (Å²) in [5, 5.41) is 0. The molecule has 1 aliphatic rings. The smallest absolute Gasteiger partial charge is 0 e. The van der Waals surface area contributed by atoms with E-state index in [1.54, 1.807) is 16.7 Å². The Hall–Kier alpha value is 0.233. The molecule has 1 aromatic rings. The summed E-state index contributed by atoms with van der Waals surface area (Å²) in [6.07, 6.45) is 5.44. The van der Waals surface area contributed by atoms with Crippen molar-refractivity contribution in [1.29, 1.82) is 0 Å². The third-order valence-electron chi connectivity index (χ3n) is 2.90. The summed E-state index contributed by atoms with van der Waals surface area (Å²) < 4.78 is 0. The summed E-state index contributed by atoms with van der Waals surface area (Å²) in [5.41, 5.74) is 4.80. The Morgan fingerprint density at radius 2 is 1.92 bits per heavy atom. The zero-order valence-electron chi connectivity index (χ0n) is 8.56. The minimum Gasteiger partial charge on any atom is -0.207 e. The van der Waals surface area contributed by atoms with Crippen molar-refractivity contribution in [2.45, 2.75) is 45.4 Å². The van der Waals surface area contributed by atoms with Crippen LogP contribution in [-0.4, -0.2) is 0 Å². The summed E-state index contributed by atoms with van der Waals surface area (Å²) >= 11 is 0. The Balaban J connectivity index is 0.000000845. The van der Waals surface area contributed by atoms with Crippen molar-refractivity contribution in [1.82, 2.24) is 0 Å². The third-order valence-corrected chi connectivity index (χ3v) is 2.90. The maximum atomic E-state index is 2.42. The topological polar surface area (TPSA) is 0 Å². The molecule has 70 valence electrons. The first-order valence-electron chi connectivity index (χ1n) is 5.06. The molecular weight excluding hydrogens is 235 g/mol. The second-order valence-electron chi connectivity index (χ2n) is 4.20. The van der Waals surface area contributed by atoms with Gasteiger partial charge < -0.3 is 0 Å². The first-order chi connectivity index (χ1) is 5.77. The number of aryl methyl sites for hydroxylation is 2. The quantitative estimate of drug-likeness (QED) is 0.672. The molecule has 0 saturated carbocycles. The number of hydrogen-bond donors (Lipinski definition) is 0. The van der Waals surface area contributed by atoms with E-state index in [0.717, 1.165) is 0 Å². The molecule has 0 N–H and O–H groups in total. The largest absolute Gasteiger partial charge is 0.207 e. The van der Waals surface area contributed by atoms with Crippen molar-refractivity contribution in [2.75, 3.05) is 0 Å². The fourth-order valence-electron chi connectivity index (χ4n) is 2.06. The van der Waals surface area contributed by atoms with Crippen LogP contribution in [0.15, 0.2) is 12.1 Å². The molecule has 0 atom stereocenters. The maximum Gasteiger partial charge on any atom is 0 e. The summed E-state index contributed by atoms with van der Waals surface area (Å²) in [6, 6.07) is 4.83. The fourth-order valence-corrected chi connectivity index (χ4v) is 2.06. The van der Waals surface area contributed by atoms with Gasteiger partial charge in [-0.2, -0.15) is 22.8 Å². The van der Waals surface area contributed by atoms with Gasteiger partial charge >= 0.3 is 0 Å². The van der Waals surface area contributed by atoms with Crippen molar-refractivity contribution in [2.24, 2.45) is 0 Å². The van der Waals surface area contributed by atoms with E-state index in [1.165, 1.54) is 25.7 Å².